The minimum atomic E-state index is -0.634. The molecule has 0 aliphatic heterocycles. The average molecular weight is 311 g/mol. The summed E-state index contributed by atoms with van der Waals surface area (Å²) in [6, 6.07) is 0.280. The highest BCUT2D eigenvalue weighted by molar-refractivity contribution is 7.19. The van der Waals surface area contributed by atoms with Crippen molar-refractivity contribution in [3.8, 4) is 0 Å². The number of ether oxygens (including phenoxy) is 1. The Labute approximate surface area is 127 Å². The second-order valence-electron chi connectivity index (χ2n) is 5.51. The van der Waals surface area contributed by atoms with E-state index >= 15 is 0 Å². The molecule has 1 saturated carbocycles. The molecule has 1 fully saturated rings. The van der Waals surface area contributed by atoms with E-state index in [1.807, 2.05) is 0 Å². The number of carbonyl (C=O) groups is 2. The molecular weight excluding hydrogens is 290 g/mol. The molecule has 1 aliphatic carbocycles. The van der Waals surface area contributed by atoms with Crippen LogP contribution in [0.4, 0.5) is 10.7 Å². The fourth-order valence-corrected chi connectivity index (χ4v) is 3.75. The quantitative estimate of drug-likeness (QED) is 0.739. The van der Waals surface area contributed by atoms with Gasteiger partial charge in [-0.25, -0.2) is 4.79 Å². The van der Waals surface area contributed by atoms with E-state index in [1.54, 1.807) is 0 Å². The third-order valence-electron chi connectivity index (χ3n) is 3.91. The summed E-state index contributed by atoms with van der Waals surface area (Å²) in [5.74, 6) is -0.450. The van der Waals surface area contributed by atoms with E-state index in [0.717, 1.165) is 42.9 Å². The Morgan fingerprint density at radius 2 is 1.90 bits per heavy atom. The maximum Gasteiger partial charge on any atom is 0.350 e. The van der Waals surface area contributed by atoms with Crippen LogP contribution in [-0.2, 0) is 4.74 Å². The van der Waals surface area contributed by atoms with Gasteiger partial charge in [0, 0.05) is 6.04 Å². The van der Waals surface area contributed by atoms with Gasteiger partial charge in [-0.3, -0.25) is 4.79 Å². The van der Waals surface area contributed by atoms with Crippen molar-refractivity contribution in [3.63, 3.8) is 0 Å². The molecule has 1 aromatic heterocycles. The molecule has 0 unspecified atom stereocenters. The van der Waals surface area contributed by atoms with Crippen molar-refractivity contribution in [3.05, 3.63) is 10.4 Å². The fourth-order valence-electron chi connectivity index (χ4n) is 2.62. The molecule has 0 bridgehead atoms. The van der Waals surface area contributed by atoms with Crippen LogP contribution in [0.25, 0.3) is 0 Å². The summed E-state index contributed by atoms with van der Waals surface area (Å²) in [6.45, 7) is 2.24. The van der Waals surface area contributed by atoms with E-state index < -0.39 is 11.9 Å². The molecule has 7 heteroatoms. The number of rotatable bonds is 4. The van der Waals surface area contributed by atoms with Crippen LogP contribution in [0.3, 0.4) is 0 Å². The van der Waals surface area contributed by atoms with Gasteiger partial charge in [0.25, 0.3) is 5.91 Å². The minimum absolute atomic E-state index is 0.103. The smallest absolute Gasteiger partial charge is 0.350 e. The summed E-state index contributed by atoms with van der Waals surface area (Å²) in [4.78, 5) is 23.5. The molecule has 1 aromatic rings. The second kappa shape index (κ2) is 6.34. The van der Waals surface area contributed by atoms with Gasteiger partial charge in [0.1, 0.15) is 9.88 Å². The fraction of sp³-hybridized carbons (Fsp3) is 0.571. The topological polar surface area (TPSA) is 107 Å². The number of thiophene rings is 1. The van der Waals surface area contributed by atoms with Gasteiger partial charge in [-0.1, -0.05) is 6.92 Å². The highest BCUT2D eigenvalue weighted by Gasteiger charge is 2.27. The van der Waals surface area contributed by atoms with Crippen LogP contribution in [0.15, 0.2) is 0 Å². The molecule has 1 aliphatic rings. The number of carbonyl (C=O) groups excluding carboxylic acids is 2. The lowest BCUT2D eigenvalue weighted by atomic mass is 9.87. The van der Waals surface area contributed by atoms with Gasteiger partial charge >= 0.3 is 5.97 Å². The van der Waals surface area contributed by atoms with Gasteiger partial charge in [-0.2, -0.15) is 0 Å². The molecule has 0 radical (unpaired) electrons. The second-order valence-corrected chi connectivity index (χ2v) is 6.53. The summed E-state index contributed by atoms with van der Waals surface area (Å²) >= 11 is 1.13. The predicted molar refractivity (Wildman–Crippen MR) is 83.6 cm³/mol. The van der Waals surface area contributed by atoms with Crippen molar-refractivity contribution in [1.82, 2.24) is 0 Å². The number of esters is 1. The number of hydrogen-bond donors (Lipinski definition) is 3. The molecule has 0 spiro atoms. The van der Waals surface area contributed by atoms with E-state index in [2.05, 4.69) is 17.0 Å². The van der Waals surface area contributed by atoms with Gasteiger partial charge in [-0.15, -0.1) is 11.3 Å². The van der Waals surface area contributed by atoms with Crippen molar-refractivity contribution >= 4 is 33.9 Å². The third-order valence-corrected chi connectivity index (χ3v) is 5.03. The van der Waals surface area contributed by atoms with Gasteiger partial charge in [0.15, 0.2) is 0 Å². The molecule has 116 valence electrons. The van der Waals surface area contributed by atoms with Crippen LogP contribution in [-0.4, -0.2) is 25.0 Å². The Balaban J connectivity index is 2.25. The highest BCUT2D eigenvalue weighted by atomic mass is 32.1. The Hall–Kier alpha value is -1.76. The number of anilines is 2. The van der Waals surface area contributed by atoms with Crippen molar-refractivity contribution < 1.29 is 14.3 Å². The Bertz CT molecular complexity index is 548. The van der Waals surface area contributed by atoms with Crippen LogP contribution in [0.5, 0.6) is 0 Å². The predicted octanol–water partition coefficient (Wildman–Crippen LogP) is 2.21. The van der Waals surface area contributed by atoms with E-state index in [9.17, 15) is 9.59 Å². The van der Waals surface area contributed by atoms with Crippen LogP contribution in [0.1, 0.15) is 52.6 Å². The molecule has 5 N–H and O–H groups in total. The Morgan fingerprint density at radius 1 is 1.29 bits per heavy atom. The molecule has 6 nitrogen and oxygen atoms in total. The lowest BCUT2D eigenvalue weighted by molar-refractivity contribution is 0.0607. The third kappa shape index (κ3) is 3.29. The molecule has 1 amide bonds. The summed E-state index contributed by atoms with van der Waals surface area (Å²) < 4.78 is 4.68. The maximum absolute atomic E-state index is 11.7. The monoisotopic (exact) mass is 311 g/mol. The summed E-state index contributed by atoms with van der Waals surface area (Å²) in [6.07, 6.45) is 4.36. The first-order chi connectivity index (χ1) is 9.93. The zero-order valence-electron chi connectivity index (χ0n) is 12.3. The van der Waals surface area contributed by atoms with Crippen molar-refractivity contribution in [2.24, 2.45) is 11.7 Å². The number of nitrogen functional groups attached to an aromatic ring is 1. The normalized spacial score (nSPS) is 21.8. The highest BCUT2D eigenvalue weighted by Crippen LogP contribution is 2.37. The minimum Gasteiger partial charge on any atom is -0.465 e. The van der Waals surface area contributed by atoms with Crippen LogP contribution >= 0.6 is 11.3 Å². The molecule has 1 heterocycles. The largest absolute Gasteiger partial charge is 0.465 e. The van der Waals surface area contributed by atoms with Gasteiger partial charge < -0.3 is 21.5 Å². The average Bonchev–Trinajstić information content (AvgIpc) is 2.77. The van der Waals surface area contributed by atoms with E-state index in [0.29, 0.717) is 5.00 Å². The molecule has 2 rings (SSSR count). The van der Waals surface area contributed by atoms with Crippen molar-refractivity contribution in [1.29, 1.82) is 0 Å². The van der Waals surface area contributed by atoms with Gasteiger partial charge in [0.05, 0.1) is 18.4 Å². The van der Waals surface area contributed by atoms with Crippen LogP contribution in [0.2, 0.25) is 0 Å². The standard InChI is InChI=1S/C14H21N3O3S/c1-7-3-5-8(6-4-7)17-13-9(12(16)18)10(15)11(21-13)14(19)20-2/h7-8,17H,3-6,15H2,1-2H3,(H2,16,18). The summed E-state index contributed by atoms with van der Waals surface area (Å²) in [5, 5.41) is 3.89. The first-order valence-corrected chi connectivity index (χ1v) is 7.82. The summed E-state index contributed by atoms with van der Waals surface area (Å²) in [7, 11) is 1.28. The van der Waals surface area contributed by atoms with Gasteiger partial charge in [-0.05, 0) is 31.6 Å². The SMILES string of the molecule is COC(=O)c1sc(NC2CCC(C)CC2)c(C(N)=O)c1N. The number of primary amides is 1. The number of nitrogens with two attached hydrogens (primary N) is 2. The van der Waals surface area contributed by atoms with Gasteiger partial charge in [0.2, 0.25) is 0 Å². The molecule has 21 heavy (non-hydrogen) atoms. The molecular formula is C14H21N3O3S. The summed E-state index contributed by atoms with van der Waals surface area (Å²) in [5.41, 5.74) is 11.6. The Morgan fingerprint density at radius 3 is 2.43 bits per heavy atom. The van der Waals surface area contributed by atoms with Crippen molar-refractivity contribution in [2.75, 3.05) is 18.2 Å². The molecule has 0 atom stereocenters. The van der Waals surface area contributed by atoms with E-state index in [4.69, 9.17) is 11.5 Å². The van der Waals surface area contributed by atoms with Crippen molar-refractivity contribution in [2.45, 2.75) is 38.6 Å². The van der Waals surface area contributed by atoms with Crippen LogP contribution in [0, 0.1) is 5.92 Å². The van der Waals surface area contributed by atoms with Crippen LogP contribution < -0.4 is 16.8 Å². The Kier molecular flexibility index (Phi) is 4.72. The number of methoxy groups -OCH3 is 1. The lowest BCUT2D eigenvalue weighted by Crippen LogP contribution is -2.26. The number of hydrogen-bond acceptors (Lipinski definition) is 6. The van der Waals surface area contributed by atoms with E-state index in [1.165, 1.54) is 7.11 Å². The first-order valence-electron chi connectivity index (χ1n) is 7.01. The zero-order chi connectivity index (χ0) is 15.6. The molecule has 0 aromatic carbocycles. The zero-order valence-corrected chi connectivity index (χ0v) is 13.1. The number of nitrogens with one attached hydrogen (secondary N) is 1. The molecule has 0 saturated heterocycles. The maximum atomic E-state index is 11.7. The first kappa shape index (κ1) is 15.6. The van der Waals surface area contributed by atoms with E-state index in [-0.39, 0.29) is 22.2 Å². The number of amides is 1. The lowest BCUT2D eigenvalue weighted by Gasteiger charge is -2.27.